The van der Waals surface area contributed by atoms with E-state index in [4.69, 9.17) is 16.3 Å². The van der Waals surface area contributed by atoms with E-state index < -0.39 is 0 Å². The molecule has 0 aliphatic carbocycles. The second kappa shape index (κ2) is 13.1. The average molecular weight is 510 g/mol. The van der Waals surface area contributed by atoms with E-state index in [2.05, 4.69) is 20.5 Å². The van der Waals surface area contributed by atoms with E-state index >= 15 is 0 Å². The van der Waals surface area contributed by atoms with Gasteiger partial charge in [0.2, 0.25) is 5.91 Å². The zero-order valence-electron chi connectivity index (χ0n) is 15.9. The first-order chi connectivity index (χ1) is 12.5. The topological polar surface area (TPSA) is 69.2 Å². The maximum Gasteiger partial charge on any atom is 0.241 e. The summed E-state index contributed by atoms with van der Waals surface area (Å²) < 4.78 is 5.36. The van der Waals surface area contributed by atoms with Gasteiger partial charge in [-0.3, -0.25) is 9.69 Å². The Morgan fingerprint density at radius 2 is 1.89 bits per heavy atom. The Hall–Kier alpha value is -1.10. The van der Waals surface area contributed by atoms with Crippen molar-refractivity contribution < 1.29 is 9.53 Å². The number of nitrogens with one attached hydrogen (secondary N) is 2. The van der Waals surface area contributed by atoms with Crippen molar-refractivity contribution in [2.75, 3.05) is 60.0 Å². The maximum absolute atomic E-state index is 11.8. The van der Waals surface area contributed by atoms with Crippen LogP contribution >= 0.6 is 35.6 Å². The molecular formula is C18H29ClIN5O2. The Morgan fingerprint density at radius 3 is 2.52 bits per heavy atom. The predicted octanol–water partition coefficient (Wildman–Crippen LogP) is 1.41. The third-order valence-electron chi connectivity index (χ3n) is 4.06. The Kier molecular flexibility index (Phi) is 11.7. The van der Waals surface area contributed by atoms with Gasteiger partial charge in [-0.15, -0.1) is 24.0 Å². The molecule has 0 unspecified atom stereocenters. The van der Waals surface area contributed by atoms with Crippen LogP contribution in [0.25, 0.3) is 0 Å². The van der Waals surface area contributed by atoms with Gasteiger partial charge in [-0.05, 0) is 17.7 Å². The van der Waals surface area contributed by atoms with Crippen molar-refractivity contribution in [3.8, 4) is 0 Å². The van der Waals surface area contributed by atoms with Crippen LogP contribution in [0.2, 0.25) is 5.02 Å². The van der Waals surface area contributed by atoms with Crippen molar-refractivity contribution in [3.63, 3.8) is 0 Å². The van der Waals surface area contributed by atoms with E-state index in [1.54, 1.807) is 19.0 Å². The number of halogens is 2. The third kappa shape index (κ3) is 9.59. The Balaban J connectivity index is 0.00000364. The van der Waals surface area contributed by atoms with E-state index in [0.29, 0.717) is 17.5 Å². The van der Waals surface area contributed by atoms with Gasteiger partial charge in [-0.2, -0.15) is 0 Å². The first-order valence-corrected chi connectivity index (χ1v) is 9.19. The number of guanidine groups is 1. The van der Waals surface area contributed by atoms with Crippen molar-refractivity contribution in [3.05, 3.63) is 34.9 Å². The summed E-state index contributed by atoms with van der Waals surface area (Å²) >= 11 is 5.91. The number of ether oxygens (including phenoxy) is 1. The molecule has 27 heavy (non-hydrogen) atoms. The summed E-state index contributed by atoms with van der Waals surface area (Å²) in [5.41, 5.74) is 1.06. The second-order valence-corrected chi connectivity index (χ2v) is 6.75. The van der Waals surface area contributed by atoms with E-state index in [0.717, 1.165) is 45.0 Å². The van der Waals surface area contributed by atoms with E-state index in [-0.39, 0.29) is 36.4 Å². The van der Waals surface area contributed by atoms with Crippen LogP contribution in [0.3, 0.4) is 0 Å². The molecule has 0 aromatic heterocycles. The molecule has 0 bridgehead atoms. The van der Waals surface area contributed by atoms with Crippen molar-refractivity contribution in [2.24, 2.45) is 4.99 Å². The summed E-state index contributed by atoms with van der Waals surface area (Å²) in [4.78, 5) is 20.3. The van der Waals surface area contributed by atoms with Crippen LogP contribution in [-0.2, 0) is 16.1 Å². The van der Waals surface area contributed by atoms with Gasteiger partial charge in [0.1, 0.15) is 0 Å². The Bertz CT molecular complexity index is 592. The maximum atomic E-state index is 11.8. The molecule has 0 spiro atoms. The molecular weight excluding hydrogens is 481 g/mol. The molecule has 2 rings (SSSR count). The number of aliphatic imine (C=N–C) groups is 1. The van der Waals surface area contributed by atoms with Gasteiger partial charge in [-0.25, -0.2) is 4.99 Å². The highest BCUT2D eigenvalue weighted by molar-refractivity contribution is 14.0. The van der Waals surface area contributed by atoms with Crippen LogP contribution < -0.4 is 10.6 Å². The summed E-state index contributed by atoms with van der Waals surface area (Å²) in [7, 11) is 3.47. The standard InChI is InChI=1S/C18H28ClN5O2.HI/c1-23(2)17(25)14-22-18(20-7-8-24-9-11-26-12-10-24)21-13-15-3-5-16(19)6-4-15;/h3-6H,7-14H2,1-2H3,(H2,20,21,22);1H. The van der Waals surface area contributed by atoms with Crippen molar-refractivity contribution in [1.29, 1.82) is 0 Å². The number of carbonyl (C=O) groups excluding carboxylic acids is 1. The summed E-state index contributed by atoms with van der Waals surface area (Å²) in [6, 6.07) is 7.59. The molecule has 1 amide bonds. The number of likely N-dealkylation sites (N-methyl/N-ethyl adjacent to an activating group) is 1. The van der Waals surface area contributed by atoms with Gasteiger partial charge in [0, 0.05) is 45.3 Å². The number of hydrogen-bond donors (Lipinski definition) is 2. The quantitative estimate of drug-likeness (QED) is 0.331. The first-order valence-electron chi connectivity index (χ1n) is 8.81. The monoisotopic (exact) mass is 509 g/mol. The van der Waals surface area contributed by atoms with Crippen molar-refractivity contribution >= 4 is 47.4 Å². The normalized spacial score (nSPS) is 15.0. The highest BCUT2D eigenvalue weighted by Gasteiger charge is 2.10. The minimum absolute atomic E-state index is 0. The number of benzene rings is 1. The molecule has 1 aromatic rings. The van der Waals surface area contributed by atoms with E-state index in [1.165, 1.54) is 0 Å². The van der Waals surface area contributed by atoms with Crippen LogP contribution in [0.5, 0.6) is 0 Å². The van der Waals surface area contributed by atoms with Gasteiger partial charge in [0.05, 0.1) is 26.3 Å². The highest BCUT2D eigenvalue weighted by Crippen LogP contribution is 2.10. The molecule has 1 aliphatic rings. The highest BCUT2D eigenvalue weighted by atomic mass is 127. The van der Waals surface area contributed by atoms with Gasteiger partial charge >= 0.3 is 0 Å². The minimum atomic E-state index is -0.000766. The van der Waals surface area contributed by atoms with E-state index in [9.17, 15) is 4.79 Å². The number of nitrogens with zero attached hydrogens (tertiary/aromatic N) is 3. The predicted molar refractivity (Wildman–Crippen MR) is 120 cm³/mol. The lowest BCUT2D eigenvalue weighted by molar-refractivity contribution is -0.127. The summed E-state index contributed by atoms with van der Waals surface area (Å²) in [5.74, 6) is 0.627. The molecule has 9 heteroatoms. The van der Waals surface area contributed by atoms with Crippen molar-refractivity contribution in [1.82, 2.24) is 20.4 Å². The Morgan fingerprint density at radius 1 is 1.22 bits per heavy atom. The zero-order chi connectivity index (χ0) is 18.8. The lowest BCUT2D eigenvalue weighted by Gasteiger charge is -2.26. The van der Waals surface area contributed by atoms with Gasteiger partial charge < -0.3 is 20.3 Å². The third-order valence-corrected chi connectivity index (χ3v) is 4.32. The number of hydrogen-bond acceptors (Lipinski definition) is 4. The molecule has 152 valence electrons. The summed E-state index contributed by atoms with van der Waals surface area (Å²) in [6.07, 6.45) is 0. The molecule has 0 radical (unpaired) electrons. The van der Waals surface area contributed by atoms with Crippen LogP contribution in [0.1, 0.15) is 5.56 Å². The lowest BCUT2D eigenvalue weighted by Crippen LogP contribution is -2.46. The number of amides is 1. The first kappa shape index (κ1) is 23.9. The van der Waals surface area contributed by atoms with Gasteiger partial charge in [-0.1, -0.05) is 23.7 Å². The molecule has 1 aromatic carbocycles. The van der Waals surface area contributed by atoms with Crippen LogP contribution in [0, 0.1) is 0 Å². The molecule has 2 N–H and O–H groups in total. The number of rotatable bonds is 7. The number of morpholine rings is 1. The lowest BCUT2D eigenvalue weighted by atomic mass is 10.2. The van der Waals surface area contributed by atoms with Crippen molar-refractivity contribution in [2.45, 2.75) is 6.54 Å². The largest absolute Gasteiger partial charge is 0.379 e. The average Bonchev–Trinajstić information content (AvgIpc) is 2.65. The molecule has 1 aliphatic heterocycles. The van der Waals surface area contributed by atoms with Gasteiger partial charge in [0.25, 0.3) is 0 Å². The molecule has 1 saturated heterocycles. The summed E-state index contributed by atoms with van der Waals surface area (Å²) in [5, 5.41) is 7.11. The zero-order valence-corrected chi connectivity index (χ0v) is 19.0. The van der Waals surface area contributed by atoms with Crippen LogP contribution in [0.15, 0.2) is 29.3 Å². The van der Waals surface area contributed by atoms with Crippen LogP contribution in [-0.4, -0.2) is 81.7 Å². The molecule has 0 saturated carbocycles. The molecule has 1 fully saturated rings. The molecule has 0 atom stereocenters. The fraction of sp³-hybridized carbons (Fsp3) is 0.556. The van der Waals surface area contributed by atoms with E-state index in [1.807, 2.05) is 24.3 Å². The summed E-state index contributed by atoms with van der Waals surface area (Å²) in [6.45, 7) is 5.85. The van der Waals surface area contributed by atoms with Crippen LogP contribution in [0.4, 0.5) is 0 Å². The molecule has 7 nitrogen and oxygen atoms in total. The smallest absolute Gasteiger partial charge is 0.241 e. The minimum Gasteiger partial charge on any atom is -0.379 e. The Labute approximate surface area is 183 Å². The molecule has 1 heterocycles. The number of carbonyl (C=O) groups is 1. The second-order valence-electron chi connectivity index (χ2n) is 6.31. The van der Waals surface area contributed by atoms with Gasteiger partial charge in [0.15, 0.2) is 5.96 Å². The fourth-order valence-corrected chi connectivity index (χ4v) is 2.54. The fourth-order valence-electron chi connectivity index (χ4n) is 2.41. The SMILES string of the molecule is CN(C)C(=O)CNC(=NCc1ccc(Cl)cc1)NCCN1CCOCC1.I.